The number of carbonyl (C=O) groups excluding carboxylic acids is 1. The van der Waals surface area contributed by atoms with Crippen LogP contribution in [0.5, 0.6) is 5.75 Å². The molecule has 0 saturated heterocycles. The zero-order valence-electron chi connectivity index (χ0n) is 12.8. The van der Waals surface area contributed by atoms with E-state index >= 15 is 0 Å². The van der Waals surface area contributed by atoms with Crippen LogP contribution in [0.1, 0.15) is 25.8 Å². The zero-order chi connectivity index (χ0) is 16.0. The molecule has 2 N–H and O–H groups in total. The summed E-state index contributed by atoms with van der Waals surface area (Å²) in [5, 5.41) is 11.5. The Balaban J connectivity index is 2.86. The Morgan fingerprint density at radius 3 is 2.57 bits per heavy atom. The highest BCUT2D eigenvalue weighted by Gasteiger charge is 2.19. The largest absolute Gasteiger partial charge is 0.495 e. The van der Waals surface area contributed by atoms with Gasteiger partial charge in [-0.2, -0.15) is 0 Å². The van der Waals surface area contributed by atoms with Crippen molar-refractivity contribution >= 4 is 17.7 Å². The van der Waals surface area contributed by atoms with Gasteiger partial charge >= 0.3 is 12.0 Å². The van der Waals surface area contributed by atoms with Crippen molar-refractivity contribution in [1.29, 1.82) is 0 Å². The average molecular weight is 294 g/mol. The van der Waals surface area contributed by atoms with Crippen LogP contribution >= 0.6 is 0 Å². The van der Waals surface area contributed by atoms with Crippen molar-refractivity contribution in [1.82, 2.24) is 4.90 Å². The van der Waals surface area contributed by atoms with E-state index in [4.69, 9.17) is 9.84 Å². The van der Waals surface area contributed by atoms with Crippen LogP contribution in [-0.2, 0) is 4.79 Å². The van der Waals surface area contributed by atoms with Crippen LogP contribution in [0.15, 0.2) is 18.2 Å². The lowest BCUT2D eigenvalue weighted by Gasteiger charge is -2.26. The number of hydrogen-bond acceptors (Lipinski definition) is 3. The summed E-state index contributed by atoms with van der Waals surface area (Å²) in [7, 11) is 1.53. The van der Waals surface area contributed by atoms with E-state index < -0.39 is 5.97 Å². The van der Waals surface area contributed by atoms with E-state index in [1.54, 1.807) is 6.07 Å². The van der Waals surface area contributed by atoms with Crippen LogP contribution in [0.25, 0.3) is 0 Å². The highest BCUT2D eigenvalue weighted by Crippen LogP contribution is 2.25. The van der Waals surface area contributed by atoms with Gasteiger partial charge in [0.05, 0.1) is 19.2 Å². The van der Waals surface area contributed by atoms with Crippen LogP contribution in [0, 0.1) is 6.92 Å². The summed E-state index contributed by atoms with van der Waals surface area (Å²) in [5.74, 6) is -0.363. The third kappa shape index (κ3) is 4.98. The number of hydrogen-bond donors (Lipinski definition) is 2. The van der Waals surface area contributed by atoms with Crippen molar-refractivity contribution in [2.24, 2.45) is 0 Å². The first-order chi connectivity index (χ1) is 9.85. The molecule has 0 radical (unpaired) electrons. The standard InChI is InChI=1S/C15H22N2O4/c1-10(2)17(8-7-14(18)19)15(20)16-12-9-11(3)5-6-13(12)21-4/h5-6,9-10H,7-8H2,1-4H3,(H,16,20)(H,18,19). The topological polar surface area (TPSA) is 78.9 Å². The first kappa shape index (κ1) is 16.8. The first-order valence-electron chi connectivity index (χ1n) is 6.79. The van der Waals surface area contributed by atoms with Gasteiger partial charge in [0.1, 0.15) is 5.75 Å². The number of aliphatic carboxylic acids is 1. The summed E-state index contributed by atoms with van der Waals surface area (Å²) in [6, 6.07) is 5.04. The highest BCUT2D eigenvalue weighted by atomic mass is 16.5. The lowest BCUT2D eigenvalue weighted by molar-refractivity contribution is -0.137. The summed E-state index contributed by atoms with van der Waals surface area (Å²) < 4.78 is 5.21. The summed E-state index contributed by atoms with van der Waals surface area (Å²) in [6.07, 6.45) is -0.0868. The second-order valence-electron chi connectivity index (χ2n) is 5.06. The Labute approximate surface area is 124 Å². The molecule has 116 valence electrons. The van der Waals surface area contributed by atoms with Gasteiger partial charge in [-0.3, -0.25) is 4.79 Å². The smallest absolute Gasteiger partial charge is 0.322 e. The number of carboxylic acids is 1. The Hall–Kier alpha value is -2.24. The van der Waals surface area contributed by atoms with Crippen molar-refractivity contribution in [2.75, 3.05) is 19.0 Å². The number of ether oxygens (including phenoxy) is 1. The Morgan fingerprint density at radius 1 is 1.38 bits per heavy atom. The maximum Gasteiger partial charge on any atom is 0.322 e. The third-order valence-corrected chi connectivity index (χ3v) is 3.05. The van der Waals surface area contributed by atoms with Gasteiger partial charge in [0.2, 0.25) is 0 Å². The quantitative estimate of drug-likeness (QED) is 0.845. The minimum absolute atomic E-state index is 0.0868. The fourth-order valence-corrected chi connectivity index (χ4v) is 1.92. The second-order valence-corrected chi connectivity index (χ2v) is 5.06. The molecule has 0 aliphatic rings. The Kier molecular flexibility index (Phi) is 6.02. The molecule has 0 aliphatic carbocycles. The maximum atomic E-state index is 12.3. The molecule has 0 aromatic heterocycles. The number of rotatable bonds is 6. The monoisotopic (exact) mass is 294 g/mol. The number of amides is 2. The minimum Gasteiger partial charge on any atom is -0.495 e. The van der Waals surface area contributed by atoms with Crippen LogP contribution in [0.3, 0.4) is 0 Å². The minimum atomic E-state index is -0.929. The van der Waals surface area contributed by atoms with Gasteiger partial charge in [-0.25, -0.2) is 4.79 Å². The molecule has 1 rings (SSSR count). The third-order valence-electron chi connectivity index (χ3n) is 3.05. The van der Waals surface area contributed by atoms with Gasteiger partial charge in [-0.05, 0) is 38.5 Å². The van der Waals surface area contributed by atoms with Crippen molar-refractivity contribution < 1.29 is 19.4 Å². The fraction of sp³-hybridized carbons (Fsp3) is 0.467. The van der Waals surface area contributed by atoms with E-state index in [1.165, 1.54) is 12.0 Å². The number of carboxylic acid groups (broad SMARTS) is 1. The number of urea groups is 1. The van der Waals surface area contributed by atoms with Gasteiger partial charge in [-0.15, -0.1) is 0 Å². The summed E-state index contributed by atoms with van der Waals surface area (Å²) in [6.45, 7) is 5.76. The van der Waals surface area contributed by atoms with Gasteiger partial charge in [-0.1, -0.05) is 6.07 Å². The molecule has 0 atom stereocenters. The van der Waals surface area contributed by atoms with E-state index in [1.807, 2.05) is 32.9 Å². The molecule has 0 bridgehead atoms. The predicted octanol–water partition coefficient (Wildman–Crippen LogP) is 2.72. The molecule has 2 amide bonds. The number of aryl methyl sites for hydroxylation is 1. The van der Waals surface area contributed by atoms with Crippen molar-refractivity contribution in [3.63, 3.8) is 0 Å². The number of carbonyl (C=O) groups is 2. The number of nitrogens with one attached hydrogen (secondary N) is 1. The molecular formula is C15H22N2O4. The van der Waals surface area contributed by atoms with E-state index in [2.05, 4.69) is 5.32 Å². The van der Waals surface area contributed by atoms with Crippen LogP contribution in [-0.4, -0.2) is 41.7 Å². The van der Waals surface area contributed by atoms with E-state index in [-0.39, 0.29) is 25.0 Å². The predicted molar refractivity (Wildman–Crippen MR) is 80.8 cm³/mol. The van der Waals surface area contributed by atoms with Crippen LogP contribution in [0.4, 0.5) is 10.5 Å². The number of nitrogens with zero attached hydrogens (tertiary/aromatic N) is 1. The zero-order valence-corrected chi connectivity index (χ0v) is 12.8. The molecule has 0 fully saturated rings. The van der Waals surface area contributed by atoms with Gasteiger partial charge < -0.3 is 20.1 Å². The average Bonchev–Trinajstić information content (AvgIpc) is 2.38. The highest BCUT2D eigenvalue weighted by molar-refractivity contribution is 5.91. The molecular weight excluding hydrogens is 272 g/mol. The molecule has 6 heteroatoms. The molecule has 1 aromatic carbocycles. The molecule has 21 heavy (non-hydrogen) atoms. The molecule has 6 nitrogen and oxygen atoms in total. The van der Waals surface area contributed by atoms with Gasteiger partial charge in [0.25, 0.3) is 0 Å². The van der Waals surface area contributed by atoms with Crippen molar-refractivity contribution in [3.05, 3.63) is 23.8 Å². The Bertz CT molecular complexity index is 514. The first-order valence-corrected chi connectivity index (χ1v) is 6.79. The lowest BCUT2D eigenvalue weighted by atomic mass is 10.2. The molecule has 0 spiro atoms. The van der Waals surface area contributed by atoms with E-state index in [9.17, 15) is 9.59 Å². The van der Waals surface area contributed by atoms with Crippen LogP contribution in [0.2, 0.25) is 0 Å². The van der Waals surface area contributed by atoms with Gasteiger partial charge in [0.15, 0.2) is 0 Å². The second kappa shape index (κ2) is 7.52. The Morgan fingerprint density at radius 2 is 2.05 bits per heavy atom. The number of anilines is 1. The van der Waals surface area contributed by atoms with Crippen LogP contribution < -0.4 is 10.1 Å². The fourth-order valence-electron chi connectivity index (χ4n) is 1.92. The normalized spacial score (nSPS) is 10.3. The lowest BCUT2D eigenvalue weighted by Crippen LogP contribution is -2.41. The molecule has 0 heterocycles. The summed E-state index contributed by atoms with van der Waals surface area (Å²) >= 11 is 0. The van der Waals surface area contributed by atoms with E-state index in [0.717, 1.165) is 5.56 Å². The van der Waals surface area contributed by atoms with E-state index in [0.29, 0.717) is 11.4 Å². The summed E-state index contributed by atoms with van der Waals surface area (Å²) in [5.41, 5.74) is 1.57. The molecule has 0 aliphatic heterocycles. The SMILES string of the molecule is COc1ccc(C)cc1NC(=O)N(CCC(=O)O)C(C)C. The summed E-state index contributed by atoms with van der Waals surface area (Å²) in [4.78, 5) is 24.5. The molecule has 1 aromatic rings. The number of benzene rings is 1. The van der Waals surface area contributed by atoms with Crippen molar-refractivity contribution in [3.8, 4) is 5.75 Å². The molecule has 0 saturated carbocycles. The number of methoxy groups -OCH3 is 1. The van der Waals surface area contributed by atoms with Crippen molar-refractivity contribution in [2.45, 2.75) is 33.2 Å². The van der Waals surface area contributed by atoms with Gasteiger partial charge in [0, 0.05) is 12.6 Å². The molecule has 0 unspecified atom stereocenters. The maximum absolute atomic E-state index is 12.3.